The fourth-order valence-electron chi connectivity index (χ4n) is 3.92. The van der Waals surface area contributed by atoms with Gasteiger partial charge in [0.15, 0.2) is 0 Å². The van der Waals surface area contributed by atoms with Crippen LogP contribution in [-0.4, -0.2) is 0 Å². The van der Waals surface area contributed by atoms with Gasteiger partial charge in [-0.2, -0.15) is 0 Å². The van der Waals surface area contributed by atoms with Crippen LogP contribution in [-0.2, 0) is 0 Å². The average molecular weight is 160 g/mol. The third kappa shape index (κ3) is 0.460. The molecule has 0 amide bonds. The smallest absolute Gasteiger partial charge is 0.0182 e. The number of hydrogen-bond acceptors (Lipinski definition) is 0. The summed E-state index contributed by atoms with van der Waals surface area (Å²) in [5, 5.41) is 0. The van der Waals surface area contributed by atoms with Gasteiger partial charge in [-0.1, -0.05) is 30.7 Å². The Hall–Kier alpha value is -0.520. The van der Waals surface area contributed by atoms with E-state index in [9.17, 15) is 0 Å². The zero-order chi connectivity index (χ0) is 8.40. The molecule has 0 aromatic rings. The first kappa shape index (κ1) is 6.94. The minimum absolute atomic E-state index is 0.533. The second kappa shape index (κ2) is 1.71. The molecule has 1 spiro atoms. The van der Waals surface area contributed by atoms with Gasteiger partial charge in [-0.15, -0.1) is 0 Å². The molecule has 12 heavy (non-hydrogen) atoms. The van der Waals surface area contributed by atoms with Crippen molar-refractivity contribution in [2.75, 3.05) is 0 Å². The highest BCUT2D eigenvalue weighted by Gasteiger charge is 2.73. The maximum Gasteiger partial charge on any atom is 0.0182 e. The fraction of sp³-hybridized carbons (Fsp3) is 0.667. The van der Waals surface area contributed by atoms with Gasteiger partial charge in [0.2, 0.25) is 0 Å². The fourth-order valence-corrected chi connectivity index (χ4v) is 3.92. The summed E-state index contributed by atoms with van der Waals surface area (Å²) >= 11 is 0. The van der Waals surface area contributed by atoms with Gasteiger partial charge < -0.3 is 0 Å². The SMILES string of the molecule is CC1=CCC2C3(C)CCC=CC123. The third-order valence-electron chi connectivity index (χ3n) is 4.70. The Morgan fingerprint density at radius 1 is 1.50 bits per heavy atom. The van der Waals surface area contributed by atoms with E-state index in [4.69, 9.17) is 0 Å². The van der Waals surface area contributed by atoms with Crippen LogP contribution in [0.4, 0.5) is 0 Å². The van der Waals surface area contributed by atoms with Crippen LogP contribution in [0.25, 0.3) is 0 Å². The van der Waals surface area contributed by atoms with E-state index >= 15 is 0 Å². The van der Waals surface area contributed by atoms with E-state index in [2.05, 4.69) is 32.1 Å². The van der Waals surface area contributed by atoms with E-state index in [1.54, 1.807) is 5.57 Å². The van der Waals surface area contributed by atoms with E-state index in [0.29, 0.717) is 10.8 Å². The van der Waals surface area contributed by atoms with Crippen LogP contribution in [0.1, 0.15) is 33.1 Å². The molecule has 0 radical (unpaired) electrons. The van der Waals surface area contributed by atoms with E-state index in [0.717, 1.165) is 5.92 Å². The van der Waals surface area contributed by atoms with E-state index in [1.165, 1.54) is 19.3 Å². The molecule has 3 rings (SSSR count). The van der Waals surface area contributed by atoms with E-state index < -0.39 is 0 Å². The number of fused-ring (bicyclic) bond motifs is 1. The van der Waals surface area contributed by atoms with Gasteiger partial charge >= 0.3 is 0 Å². The largest absolute Gasteiger partial charge is 0.0876 e. The van der Waals surface area contributed by atoms with Crippen molar-refractivity contribution in [3.05, 3.63) is 23.8 Å². The average Bonchev–Trinajstić information content (AvgIpc) is 2.44. The normalized spacial score (nSPS) is 54.5. The van der Waals surface area contributed by atoms with Crippen molar-refractivity contribution in [3.63, 3.8) is 0 Å². The number of allylic oxidation sites excluding steroid dienone is 4. The maximum atomic E-state index is 2.50. The molecule has 0 aromatic carbocycles. The summed E-state index contributed by atoms with van der Waals surface area (Å²) in [6.07, 6.45) is 11.4. The lowest BCUT2D eigenvalue weighted by Gasteiger charge is -2.23. The van der Waals surface area contributed by atoms with Crippen molar-refractivity contribution in [1.82, 2.24) is 0 Å². The molecule has 0 aromatic heterocycles. The summed E-state index contributed by atoms with van der Waals surface area (Å²) in [6.45, 7) is 4.80. The van der Waals surface area contributed by atoms with Crippen molar-refractivity contribution in [1.29, 1.82) is 0 Å². The first-order chi connectivity index (χ1) is 5.72. The van der Waals surface area contributed by atoms with Crippen LogP contribution in [0, 0.1) is 16.7 Å². The Morgan fingerprint density at radius 2 is 2.33 bits per heavy atom. The molecule has 0 nitrogen and oxygen atoms in total. The molecule has 64 valence electrons. The quantitative estimate of drug-likeness (QED) is 0.477. The maximum absolute atomic E-state index is 2.50. The van der Waals surface area contributed by atoms with Gasteiger partial charge in [-0.05, 0) is 37.5 Å². The summed E-state index contributed by atoms with van der Waals surface area (Å²) in [6, 6.07) is 0. The molecule has 1 saturated carbocycles. The van der Waals surface area contributed by atoms with Crippen LogP contribution < -0.4 is 0 Å². The molecule has 3 aliphatic rings. The molecule has 3 aliphatic carbocycles. The second-order valence-corrected chi connectivity index (χ2v) is 4.90. The Balaban J connectivity index is 2.14. The van der Waals surface area contributed by atoms with Gasteiger partial charge in [0.05, 0.1) is 0 Å². The molecule has 0 aliphatic heterocycles. The van der Waals surface area contributed by atoms with E-state index in [-0.39, 0.29) is 0 Å². The van der Waals surface area contributed by atoms with Crippen molar-refractivity contribution in [2.45, 2.75) is 33.1 Å². The van der Waals surface area contributed by atoms with Crippen molar-refractivity contribution in [2.24, 2.45) is 16.7 Å². The minimum Gasteiger partial charge on any atom is -0.0876 e. The lowest BCUT2D eigenvalue weighted by atomic mass is 9.81. The molecule has 3 atom stereocenters. The highest BCUT2D eigenvalue weighted by Crippen LogP contribution is 2.80. The Kier molecular flexibility index (Phi) is 0.988. The number of hydrogen-bond donors (Lipinski definition) is 0. The highest BCUT2D eigenvalue weighted by atomic mass is 14.8. The van der Waals surface area contributed by atoms with E-state index in [1.807, 2.05) is 0 Å². The molecule has 0 N–H and O–H groups in total. The molecular formula is C12H16. The second-order valence-electron chi connectivity index (χ2n) is 4.90. The summed E-state index contributed by atoms with van der Waals surface area (Å²) < 4.78 is 0. The predicted octanol–water partition coefficient (Wildman–Crippen LogP) is 3.31. The number of rotatable bonds is 0. The summed E-state index contributed by atoms with van der Waals surface area (Å²) in [5.41, 5.74) is 2.83. The zero-order valence-electron chi connectivity index (χ0n) is 7.93. The topological polar surface area (TPSA) is 0 Å². The molecule has 0 bridgehead atoms. The summed E-state index contributed by atoms with van der Waals surface area (Å²) in [7, 11) is 0. The first-order valence-corrected chi connectivity index (χ1v) is 5.07. The van der Waals surface area contributed by atoms with Crippen LogP contribution in [0.15, 0.2) is 23.8 Å². The van der Waals surface area contributed by atoms with Crippen molar-refractivity contribution in [3.8, 4) is 0 Å². The van der Waals surface area contributed by atoms with Crippen LogP contribution in [0.3, 0.4) is 0 Å². The van der Waals surface area contributed by atoms with Crippen molar-refractivity contribution < 1.29 is 0 Å². The highest BCUT2D eigenvalue weighted by molar-refractivity contribution is 5.46. The Labute approximate surface area is 74.4 Å². The van der Waals surface area contributed by atoms with Gasteiger partial charge in [-0.25, -0.2) is 0 Å². The molecular weight excluding hydrogens is 144 g/mol. The van der Waals surface area contributed by atoms with Crippen molar-refractivity contribution >= 4 is 0 Å². The zero-order valence-corrected chi connectivity index (χ0v) is 7.93. The Morgan fingerprint density at radius 3 is 3.08 bits per heavy atom. The summed E-state index contributed by atoms with van der Waals surface area (Å²) in [4.78, 5) is 0. The molecule has 3 unspecified atom stereocenters. The molecule has 0 heteroatoms. The van der Waals surface area contributed by atoms with Crippen LogP contribution in [0.2, 0.25) is 0 Å². The van der Waals surface area contributed by atoms with Gasteiger partial charge in [-0.3, -0.25) is 0 Å². The lowest BCUT2D eigenvalue weighted by molar-refractivity contribution is 0.404. The van der Waals surface area contributed by atoms with Gasteiger partial charge in [0.25, 0.3) is 0 Å². The minimum atomic E-state index is 0.533. The lowest BCUT2D eigenvalue weighted by Crippen LogP contribution is -2.13. The Bertz CT molecular complexity index is 297. The predicted molar refractivity (Wildman–Crippen MR) is 50.8 cm³/mol. The third-order valence-corrected chi connectivity index (χ3v) is 4.70. The first-order valence-electron chi connectivity index (χ1n) is 5.07. The standard InChI is InChI=1S/C12H16/c1-9-5-6-10-11(2)7-3-4-8-12(9,10)11/h4-5,8,10H,3,6-7H2,1-2H3. The van der Waals surface area contributed by atoms with Crippen LogP contribution >= 0.6 is 0 Å². The van der Waals surface area contributed by atoms with Gasteiger partial charge in [0, 0.05) is 5.41 Å². The molecule has 0 saturated heterocycles. The molecule has 0 heterocycles. The summed E-state index contributed by atoms with van der Waals surface area (Å²) in [5.74, 6) is 0.962. The molecule has 1 fully saturated rings. The monoisotopic (exact) mass is 160 g/mol. The van der Waals surface area contributed by atoms with Gasteiger partial charge in [0.1, 0.15) is 0 Å². The van der Waals surface area contributed by atoms with Crippen LogP contribution in [0.5, 0.6) is 0 Å².